The van der Waals surface area contributed by atoms with Gasteiger partial charge in [0.2, 0.25) is 0 Å². The lowest BCUT2D eigenvalue weighted by molar-refractivity contribution is 0.412. The molecule has 0 bridgehead atoms. The molecule has 1 aromatic heterocycles. The summed E-state index contributed by atoms with van der Waals surface area (Å²) in [7, 11) is 1.62. The quantitative estimate of drug-likeness (QED) is 0.759. The second-order valence-corrected chi connectivity index (χ2v) is 2.76. The van der Waals surface area contributed by atoms with Crippen molar-refractivity contribution in [1.29, 1.82) is 0 Å². The molecule has 3 nitrogen and oxygen atoms in total. The van der Waals surface area contributed by atoms with Crippen LogP contribution in [0.25, 0.3) is 5.57 Å². The molecule has 0 saturated heterocycles. The number of nitrogens with two attached hydrogens (primary N) is 1. The van der Waals surface area contributed by atoms with E-state index in [9.17, 15) is 0 Å². The summed E-state index contributed by atoms with van der Waals surface area (Å²) < 4.78 is 5.05. The van der Waals surface area contributed by atoms with Crippen molar-refractivity contribution in [3.8, 4) is 5.75 Å². The van der Waals surface area contributed by atoms with Crippen molar-refractivity contribution in [2.24, 2.45) is 5.73 Å². The number of pyridine rings is 1. The summed E-state index contributed by atoms with van der Waals surface area (Å²) in [6.07, 6.45) is 4.22. The average molecular weight is 178 g/mol. The van der Waals surface area contributed by atoms with Crippen molar-refractivity contribution in [3.63, 3.8) is 0 Å². The molecule has 0 amide bonds. The monoisotopic (exact) mass is 178 g/mol. The highest BCUT2D eigenvalue weighted by Crippen LogP contribution is 2.18. The van der Waals surface area contributed by atoms with Crippen molar-refractivity contribution in [2.45, 2.75) is 6.42 Å². The second kappa shape index (κ2) is 4.62. The molecule has 1 rings (SSSR count). The minimum atomic E-state index is 0.607. The zero-order chi connectivity index (χ0) is 9.68. The summed E-state index contributed by atoms with van der Waals surface area (Å²) in [5.41, 5.74) is 7.41. The Morgan fingerprint density at radius 3 is 3.00 bits per heavy atom. The minimum absolute atomic E-state index is 0.607. The highest BCUT2D eigenvalue weighted by atomic mass is 16.5. The van der Waals surface area contributed by atoms with E-state index in [1.54, 1.807) is 19.5 Å². The molecular formula is C10H14N2O. The van der Waals surface area contributed by atoms with Crippen LogP contribution in [0.2, 0.25) is 0 Å². The van der Waals surface area contributed by atoms with Crippen LogP contribution < -0.4 is 10.5 Å². The predicted molar refractivity (Wildman–Crippen MR) is 53.5 cm³/mol. The molecule has 0 radical (unpaired) electrons. The fourth-order valence-corrected chi connectivity index (χ4v) is 1.04. The van der Waals surface area contributed by atoms with E-state index in [4.69, 9.17) is 10.5 Å². The van der Waals surface area contributed by atoms with E-state index in [1.165, 1.54) is 0 Å². The fraction of sp³-hybridized carbons (Fsp3) is 0.300. The number of hydrogen-bond acceptors (Lipinski definition) is 3. The number of nitrogens with zero attached hydrogens (tertiary/aromatic N) is 1. The maximum Gasteiger partial charge on any atom is 0.137 e. The SMILES string of the molecule is C=C(CCN)c1cncc(OC)c1. The molecule has 0 fully saturated rings. The first-order valence-electron chi connectivity index (χ1n) is 4.15. The van der Waals surface area contributed by atoms with Gasteiger partial charge in [-0.15, -0.1) is 0 Å². The summed E-state index contributed by atoms with van der Waals surface area (Å²) in [6, 6.07) is 1.91. The smallest absolute Gasteiger partial charge is 0.137 e. The molecular weight excluding hydrogens is 164 g/mol. The van der Waals surface area contributed by atoms with E-state index in [0.717, 1.165) is 23.3 Å². The minimum Gasteiger partial charge on any atom is -0.495 e. The molecule has 0 saturated carbocycles. The molecule has 70 valence electrons. The molecule has 13 heavy (non-hydrogen) atoms. The van der Waals surface area contributed by atoms with Crippen LogP contribution in [0.4, 0.5) is 0 Å². The van der Waals surface area contributed by atoms with E-state index < -0.39 is 0 Å². The fourth-order valence-electron chi connectivity index (χ4n) is 1.04. The van der Waals surface area contributed by atoms with Gasteiger partial charge in [-0.3, -0.25) is 4.98 Å². The topological polar surface area (TPSA) is 48.1 Å². The number of ether oxygens (including phenoxy) is 1. The Hall–Kier alpha value is -1.35. The average Bonchev–Trinajstić information content (AvgIpc) is 2.18. The summed E-state index contributed by atoms with van der Waals surface area (Å²) >= 11 is 0. The van der Waals surface area contributed by atoms with Crippen LogP contribution in [0.3, 0.4) is 0 Å². The van der Waals surface area contributed by atoms with E-state index >= 15 is 0 Å². The van der Waals surface area contributed by atoms with Crippen LogP contribution in [0.1, 0.15) is 12.0 Å². The van der Waals surface area contributed by atoms with Crippen LogP contribution in [0.5, 0.6) is 5.75 Å². The first-order valence-corrected chi connectivity index (χ1v) is 4.15. The Labute approximate surface area is 78.2 Å². The van der Waals surface area contributed by atoms with Crippen molar-refractivity contribution in [3.05, 3.63) is 30.6 Å². The van der Waals surface area contributed by atoms with Gasteiger partial charge < -0.3 is 10.5 Å². The Balaban J connectivity index is 2.82. The first-order chi connectivity index (χ1) is 6.27. The first kappa shape index (κ1) is 9.74. The number of methoxy groups -OCH3 is 1. The van der Waals surface area contributed by atoms with Crippen molar-refractivity contribution in [2.75, 3.05) is 13.7 Å². The molecule has 0 aliphatic rings. The lowest BCUT2D eigenvalue weighted by atomic mass is 10.1. The largest absolute Gasteiger partial charge is 0.495 e. The highest BCUT2D eigenvalue weighted by molar-refractivity contribution is 5.63. The maximum atomic E-state index is 5.42. The number of rotatable bonds is 4. The van der Waals surface area contributed by atoms with E-state index in [0.29, 0.717) is 6.54 Å². The van der Waals surface area contributed by atoms with Crippen LogP contribution in [0.15, 0.2) is 25.0 Å². The van der Waals surface area contributed by atoms with Crippen LogP contribution in [-0.2, 0) is 0 Å². The molecule has 0 atom stereocenters. The molecule has 3 heteroatoms. The predicted octanol–water partition coefficient (Wildman–Crippen LogP) is 1.45. The highest BCUT2D eigenvalue weighted by Gasteiger charge is 1.99. The third-order valence-corrected chi connectivity index (χ3v) is 1.80. The number of hydrogen-bond donors (Lipinski definition) is 1. The van der Waals surface area contributed by atoms with Gasteiger partial charge in [-0.1, -0.05) is 6.58 Å². The summed E-state index contributed by atoms with van der Waals surface area (Å²) in [4.78, 5) is 4.03. The normalized spacial score (nSPS) is 9.69. The molecule has 0 unspecified atom stereocenters. The van der Waals surface area contributed by atoms with Gasteiger partial charge in [0.15, 0.2) is 0 Å². The van der Waals surface area contributed by atoms with Crippen LogP contribution in [-0.4, -0.2) is 18.6 Å². The zero-order valence-corrected chi connectivity index (χ0v) is 7.79. The third-order valence-electron chi connectivity index (χ3n) is 1.80. The van der Waals surface area contributed by atoms with Crippen LogP contribution >= 0.6 is 0 Å². The van der Waals surface area contributed by atoms with Gasteiger partial charge in [0, 0.05) is 6.20 Å². The standard InChI is InChI=1S/C10H14N2O/c1-8(3-4-11)9-5-10(13-2)7-12-6-9/h5-7H,1,3-4,11H2,2H3. The third kappa shape index (κ3) is 2.56. The van der Waals surface area contributed by atoms with Gasteiger partial charge in [-0.2, -0.15) is 0 Å². The van der Waals surface area contributed by atoms with Gasteiger partial charge in [0.25, 0.3) is 0 Å². The Bertz CT molecular complexity index is 297. The van der Waals surface area contributed by atoms with Gasteiger partial charge in [-0.25, -0.2) is 0 Å². The van der Waals surface area contributed by atoms with Gasteiger partial charge in [-0.05, 0) is 30.2 Å². The summed E-state index contributed by atoms with van der Waals surface area (Å²) in [5, 5.41) is 0. The molecule has 1 heterocycles. The second-order valence-electron chi connectivity index (χ2n) is 2.76. The summed E-state index contributed by atoms with van der Waals surface area (Å²) in [5.74, 6) is 0.746. The lowest BCUT2D eigenvalue weighted by Gasteiger charge is -2.05. The van der Waals surface area contributed by atoms with Crippen LogP contribution in [0, 0.1) is 0 Å². The van der Waals surface area contributed by atoms with Crippen molar-refractivity contribution >= 4 is 5.57 Å². The summed E-state index contributed by atoms with van der Waals surface area (Å²) in [6.45, 7) is 4.52. The van der Waals surface area contributed by atoms with Crippen molar-refractivity contribution < 1.29 is 4.74 Å². The van der Waals surface area contributed by atoms with Gasteiger partial charge >= 0.3 is 0 Å². The Kier molecular flexibility index (Phi) is 3.46. The molecule has 0 spiro atoms. The van der Waals surface area contributed by atoms with Crippen molar-refractivity contribution in [1.82, 2.24) is 4.98 Å². The Morgan fingerprint density at radius 2 is 2.38 bits per heavy atom. The van der Waals surface area contributed by atoms with Gasteiger partial charge in [0.05, 0.1) is 13.3 Å². The molecule has 0 aliphatic heterocycles. The molecule has 1 aromatic rings. The molecule has 0 aromatic carbocycles. The van der Waals surface area contributed by atoms with E-state index in [1.807, 2.05) is 6.07 Å². The Morgan fingerprint density at radius 1 is 1.62 bits per heavy atom. The maximum absolute atomic E-state index is 5.42. The zero-order valence-electron chi connectivity index (χ0n) is 7.79. The molecule has 0 aliphatic carbocycles. The number of aromatic nitrogens is 1. The van der Waals surface area contributed by atoms with E-state index in [-0.39, 0.29) is 0 Å². The van der Waals surface area contributed by atoms with E-state index in [2.05, 4.69) is 11.6 Å². The lowest BCUT2D eigenvalue weighted by Crippen LogP contribution is -1.99. The molecule has 2 N–H and O–H groups in total. The van der Waals surface area contributed by atoms with Gasteiger partial charge in [0.1, 0.15) is 5.75 Å².